The predicted molar refractivity (Wildman–Crippen MR) is 79.1 cm³/mol. The third-order valence-electron chi connectivity index (χ3n) is 2.90. The van der Waals surface area contributed by atoms with Gasteiger partial charge in [0.2, 0.25) is 0 Å². The molecule has 0 spiro atoms. The quantitative estimate of drug-likeness (QED) is 0.941. The lowest BCUT2D eigenvalue weighted by Gasteiger charge is -2.11. The summed E-state index contributed by atoms with van der Waals surface area (Å²) in [6.07, 6.45) is 0. The standard InChI is InChI=1S/C14H16N2O3S/c1-8-9(2)20-14(15-8)16-13(17)10-6-5-7-11(18-3)12(10)19-4/h5-7H,1-4H3,(H,15,16,17). The van der Waals surface area contributed by atoms with Crippen LogP contribution >= 0.6 is 11.3 Å². The highest BCUT2D eigenvalue weighted by molar-refractivity contribution is 7.15. The zero-order valence-corrected chi connectivity index (χ0v) is 12.6. The van der Waals surface area contributed by atoms with Crippen LogP contribution in [0.15, 0.2) is 18.2 Å². The summed E-state index contributed by atoms with van der Waals surface area (Å²) in [5.41, 5.74) is 1.33. The molecule has 2 rings (SSSR count). The summed E-state index contributed by atoms with van der Waals surface area (Å²) in [7, 11) is 3.04. The van der Waals surface area contributed by atoms with Crippen molar-refractivity contribution in [2.75, 3.05) is 19.5 Å². The summed E-state index contributed by atoms with van der Waals surface area (Å²) < 4.78 is 10.4. The second-order valence-electron chi connectivity index (χ2n) is 4.16. The fourth-order valence-electron chi connectivity index (χ4n) is 1.76. The van der Waals surface area contributed by atoms with Gasteiger partial charge in [0.25, 0.3) is 5.91 Å². The Labute approximate surface area is 121 Å². The van der Waals surface area contributed by atoms with Gasteiger partial charge in [-0.25, -0.2) is 4.98 Å². The van der Waals surface area contributed by atoms with E-state index in [1.807, 2.05) is 13.8 Å². The van der Waals surface area contributed by atoms with Crippen LogP contribution in [0.25, 0.3) is 0 Å². The number of methoxy groups -OCH3 is 2. The minimum atomic E-state index is -0.269. The van der Waals surface area contributed by atoms with Crippen molar-refractivity contribution in [3.05, 3.63) is 34.3 Å². The number of nitrogens with zero attached hydrogens (tertiary/aromatic N) is 1. The molecule has 1 heterocycles. The average Bonchev–Trinajstić information content (AvgIpc) is 2.76. The molecular formula is C14H16N2O3S. The first kappa shape index (κ1) is 14.3. The number of aryl methyl sites for hydroxylation is 2. The van der Waals surface area contributed by atoms with Crippen molar-refractivity contribution in [3.8, 4) is 11.5 Å². The van der Waals surface area contributed by atoms with Crippen LogP contribution in [0, 0.1) is 13.8 Å². The number of aromatic nitrogens is 1. The van der Waals surface area contributed by atoms with E-state index in [1.165, 1.54) is 25.6 Å². The van der Waals surface area contributed by atoms with Crippen LogP contribution < -0.4 is 14.8 Å². The van der Waals surface area contributed by atoms with E-state index in [9.17, 15) is 4.79 Å². The Bertz CT molecular complexity index is 618. The van der Waals surface area contributed by atoms with Crippen molar-refractivity contribution in [2.45, 2.75) is 13.8 Å². The zero-order valence-electron chi connectivity index (χ0n) is 11.8. The molecule has 0 aliphatic heterocycles. The number of carbonyl (C=O) groups is 1. The van der Waals surface area contributed by atoms with Gasteiger partial charge in [0.05, 0.1) is 25.5 Å². The van der Waals surface area contributed by atoms with Gasteiger partial charge in [-0.2, -0.15) is 0 Å². The summed E-state index contributed by atoms with van der Waals surface area (Å²) in [5.74, 6) is 0.665. The number of hydrogen-bond acceptors (Lipinski definition) is 5. The van der Waals surface area contributed by atoms with Gasteiger partial charge in [-0.05, 0) is 26.0 Å². The highest BCUT2D eigenvalue weighted by atomic mass is 32.1. The Kier molecular flexibility index (Phi) is 4.24. The van der Waals surface area contributed by atoms with Gasteiger partial charge in [0, 0.05) is 4.88 Å². The second-order valence-corrected chi connectivity index (χ2v) is 5.36. The number of rotatable bonds is 4. The van der Waals surface area contributed by atoms with Gasteiger partial charge in [-0.1, -0.05) is 6.07 Å². The fraction of sp³-hybridized carbons (Fsp3) is 0.286. The number of para-hydroxylation sites is 1. The number of carbonyl (C=O) groups excluding carboxylic acids is 1. The van der Waals surface area contributed by atoms with Crippen LogP contribution in [0.5, 0.6) is 11.5 Å². The molecule has 106 valence electrons. The molecule has 0 bridgehead atoms. The molecule has 0 unspecified atom stereocenters. The van der Waals surface area contributed by atoms with Crippen molar-refractivity contribution in [1.82, 2.24) is 4.98 Å². The second kappa shape index (κ2) is 5.92. The topological polar surface area (TPSA) is 60.5 Å². The van der Waals surface area contributed by atoms with Crippen LogP contribution in [0.3, 0.4) is 0 Å². The molecular weight excluding hydrogens is 276 g/mol. The van der Waals surface area contributed by atoms with Gasteiger partial charge in [0.1, 0.15) is 0 Å². The van der Waals surface area contributed by atoms with E-state index in [1.54, 1.807) is 18.2 Å². The highest BCUT2D eigenvalue weighted by Gasteiger charge is 2.17. The molecule has 6 heteroatoms. The number of anilines is 1. The van der Waals surface area contributed by atoms with Crippen LogP contribution in [0.2, 0.25) is 0 Å². The number of benzene rings is 1. The summed E-state index contributed by atoms with van der Waals surface area (Å²) in [6.45, 7) is 3.88. The van der Waals surface area contributed by atoms with Crippen molar-refractivity contribution < 1.29 is 14.3 Å². The monoisotopic (exact) mass is 292 g/mol. The molecule has 2 aromatic rings. The predicted octanol–water partition coefficient (Wildman–Crippen LogP) is 3.03. The maximum atomic E-state index is 12.3. The maximum Gasteiger partial charge on any atom is 0.261 e. The average molecular weight is 292 g/mol. The normalized spacial score (nSPS) is 10.2. The Morgan fingerprint density at radius 3 is 2.55 bits per heavy atom. The third-order valence-corrected chi connectivity index (χ3v) is 3.88. The maximum absolute atomic E-state index is 12.3. The van der Waals surface area contributed by atoms with Crippen molar-refractivity contribution in [3.63, 3.8) is 0 Å². The van der Waals surface area contributed by atoms with E-state index in [-0.39, 0.29) is 5.91 Å². The van der Waals surface area contributed by atoms with Gasteiger partial charge >= 0.3 is 0 Å². The molecule has 0 radical (unpaired) electrons. The Morgan fingerprint density at radius 2 is 2.00 bits per heavy atom. The molecule has 0 aliphatic rings. The minimum absolute atomic E-state index is 0.269. The van der Waals surface area contributed by atoms with Gasteiger partial charge in [0.15, 0.2) is 16.6 Å². The summed E-state index contributed by atoms with van der Waals surface area (Å²) in [5, 5.41) is 3.36. The van der Waals surface area contributed by atoms with Crippen molar-refractivity contribution >= 4 is 22.4 Å². The van der Waals surface area contributed by atoms with E-state index in [0.717, 1.165) is 10.6 Å². The summed E-state index contributed by atoms with van der Waals surface area (Å²) >= 11 is 1.45. The van der Waals surface area contributed by atoms with Crippen LogP contribution in [0.4, 0.5) is 5.13 Å². The van der Waals surface area contributed by atoms with E-state index in [2.05, 4.69) is 10.3 Å². The van der Waals surface area contributed by atoms with Crippen molar-refractivity contribution in [1.29, 1.82) is 0 Å². The van der Waals surface area contributed by atoms with Crippen LogP contribution in [-0.4, -0.2) is 25.1 Å². The summed E-state index contributed by atoms with van der Waals surface area (Å²) in [6, 6.07) is 5.17. The smallest absolute Gasteiger partial charge is 0.261 e. The van der Waals surface area contributed by atoms with Crippen LogP contribution in [0.1, 0.15) is 20.9 Å². The zero-order chi connectivity index (χ0) is 14.7. The molecule has 20 heavy (non-hydrogen) atoms. The van der Waals surface area contributed by atoms with E-state index < -0.39 is 0 Å². The first-order valence-electron chi connectivity index (χ1n) is 6.03. The Hall–Kier alpha value is -2.08. The number of nitrogens with one attached hydrogen (secondary N) is 1. The van der Waals surface area contributed by atoms with E-state index in [4.69, 9.17) is 9.47 Å². The number of hydrogen-bond donors (Lipinski definition) is 1. The van der Waals surface area contributed by atoms with Crippen LogP contribution in [-0.2, 0) is 0 Å². The molecule has 0 fully saturated rings. The summed E-state index contributed by atoms with van der Waals surface area (Å²) in [4.78, 5) is 17.7. The largest absolute Gasteiger partial charge is 0.493 e. The third kappa shape index (κ3) is 2.75. The highest BCUT2D eigenvalue weighted by Crippen LogP contribution is 2.31. The molecule has 0 aliphatic carbocycles. The fourth-order valence-corrected chi connectivity index (χ4v) is 2.57. The molecule has 0 saturated heterocycles. The molecule has 0 saturated carbocycles. The van der Waals surface area contributed by atoms with Gasteiger partial charge < -0.3 is 9.47 Å². The van der Waals surface area contributed by atoms with E-state index in [0.29, 0.717) is 22.2 Å². The molecule has 1 aromatic heterocycles. The minimum Gasteiger partial charge on any atom is -0.493 e. The van der Waals surface area contributed by atoms with Gasteiger partial charge in [-0.3, -0.25) is 10.1 Å². The Morgan fingerprint density at radius 1 is 1.25 bits per heavy atom. The molecule has 1 amide bonds. The Balaban J connectivity index is 2.29. The van der Waals surface area contributed by atoms with Gasteiger partial charge in [-0.15, -0.1) is 11.3 Å². The molecule has 5 nitrogen and oxygen atoms in total. The SMILES string of the molecule is COc1cccc(C(=O)Nc2nc(C)c(C)s2)c1OC. The number of amides is 1. The molecule has 1 aromatic carbocycles. The molecule has 0 atom stereocenters. The lowest BCUT2D eigenvalue weighted by atomic mass is 10.1. The van der Waals surface area contributed by atoms with Crippen molar-refractivity contribution in [2.24, 2.45) is 0 Å². The molecule has 1 N–H and O–H groups in total. The number of thiazole rings is 1. The first-order chi connectivity index (χ1) is 9.56. The number of ether oxygens (including phenoxy) is 2. The van der Waals surface area contributed by atoms with E-state index >= 15 is 0 Å². The lowest BCUT2D eigenvalue weighted by Crippen LogP contribution is -2.13. The lowest BCUT2D eigenvalue weighted by molar-refractivity contribution is 0.102. The first-order valence-corrected chi connectivity index (χ1v) is 6.84.